The van der Waals surface area contributed by atoms with Gasteiger partial charge in [0.15, 0.2) is 0 Å². The minimum Gasteiger partial charge on any atom is -0.497 e. The largest absolute Gasteiger partial charge is 0.497 e. The Balaban J connectivity index is 1.30. The van der Waals surface area contributed by atoms with Crippen molar-refractivity contribution >= 4 is 40.6 Å². The summed E-state index contributed by atoms with van der Waals surface area (Å²) >= 11 is 1.44. The van der Waals surface area contributed by atoms with E-state index in [1.807, 2.05) is 66.4 Å². The number of hydrogen-bond donors (Lipinski definition) is 0. The van der Waals surface area contributed by atoms with Crippen molar-refractivity contribution in [2.45, 2.75) is 17.0 Å². The van der Waals surface area contributed by atoms with Crippen LogP contribution in [0.1, 0.15) is 12.5 Å². The molecule has 3 aromatic rings. The summed E-state index contributed by atoms with van der Waals surface area (Å²) < 4.78 is 5.32. The molecule has 2 amide bonds. The predicted octanol–water partition coefficient (Wildman–Crippen LogP) is 4.14. The van der Waals surface area contributed by atoms with E-state index in [1.54, 1.807) is 12.0 Å². The van der Waals surface area contributed by atoms with Crippen molar-refractivity contribution in [3.8, 4) is 5.75 Å². The van der Waals surface area contributed by atoms with Gasteiger partial charge in [0.05, 0.1) is 24.7 Å². The van der Waals surface area contributed by atoms with E-state index < -0.39 is 4.87 Å². The Morgan fingerprint density at radius 3 is 2.24 bits per heavy atom. The van der Waals surface area contributed by atoms with Crippen LogP contribution in [0.4, 0.5) is 17.1 Å². The molecule has 0 aromatic heterocycles. The SMILES string of the molecule is COc1ccc(N2C(=O)C(C)SC23C(=O)N(CN2CCN(c4ccccc4)CC2)c2ccccc23)cc1. The number of ether oxygens (including phenoxy) is 1. The van der Waals surface area contributed by atoms with E-state index >= 15 is 0 Å². The van der Waals surface area contributed by atoms with Crippen LogP contribution in [-0.2, 0) is 14.5 Å². The van der Waals surface area contributed by atoms with Gasteiger partial charge < -0.3 is 9.64 Å². The molecule has 8 heteroatoms. The molecule has 0 aliphatic carbocycles. The van der Waals surface area contributed by atoms with Gasteiger partial charge in [0.25, 0.3) is 5.91 Å². The number of fused-ring (bicyclic) bond motifs is 2. The third-order valence-corrected chi connectivity index (χ3v) is 8.96. The first-order valence-electron chi connectivity index (χ1n) is 12.6. The van der Waals surface area contributed by atoms with Crippen molar-refractivity contribution in [1.29, 1.82) is 0 Å². The molecular formula is C29H30N4O3S. The lowest BCUT2D eigenvalue weighted by atomic mass is 10.0. The first kappa shape index (κ1) is 23.9. The molecule has 2 fully saturated rings. The van der Waals surface area contributed by atoms with Gasteiger partial charge in [0.1, 0.15) is 5.75 Å². The van der Waals surface area contributed by atoms with E-state index in [0.29, 0.717) is 18.1 Å². The number of piperazine rings is 1. The Labute approximate surface area is 221 Å². The van der Waals surface area contributed by atoms with Gasteiger partial charge in [-0.25, -0.2) is 0 Å². The van der Waals surface area contributed by atoms with Crippen LogP contribution in [0.3, 0.4) is 0 Å². The van der Waals surface area contributed by atoms with E-state index in [9.17, 15) is 9.59 Å². The van der Waals surface area contributed by atoms with Crippen LogP contribution in [0.2, 0.25) is 0 Å². The lowest BCUT2D eigenvalue weighted by Crippen LogP contribution is -2.54. The molecule has 0 N–H and O–H groups in total. The van der Waals surface area contributed by atoms with E-state index in [-0.39, 0.29) is 17.1 Å². The van der Waals surface area contributed by atoms with Crippen LogP contribution in [0.25, 0.3) is 0 Å². The van der Waals surface area contributed by atoms with Gasteiger partial charge in [-0.05, 0) is 49.4 Å². The highest BCUT2D eigenvalue weighted by atomic mass is 32.2. The molecule has 2 unspecified atom stereocenters. The maximum Gasteiger partial charge on any atom is 0.269 e. The molecule has 0 radical (unpaired) electrons. The highest BCUT2D eigenvalue weighted by Gasteiger charge is 2.63. The number of carbonyl (C=O) groups excluding carboxylic acids is 2. The maximum atomic E-state index is 14.4. The molecule has 0 bridgehead atoms. The van der Waals surface area contributed by atoms with E-state index in [2.05, 4.69) is 34.1 Å². The van der Waals surface area contributed by atoms with Gasteiger partial charge in [-0.3, -0.25) is 24.3 Å². The van der Waals surface area contributed by atoms with Gasteiger partial charge in [-0.1, -0.05) is 36.4 Å². The average Bonchev–Trinajstić information content (AvgIpc) is 3.35. The summed E-state index contributed by atoms with van der Waals surface area (Å²) in [6.45, 7) is 5.92. The summed E-state index contributed by atoms with van der Waals surface area (Å²) in [4.78, 5) is 35.1. The fourth-order valence-electron chi connectivity index (χ4n) is 5.60. The van der Waals surface area contributed by atoms with Crippen LogP contribution in [-0.4, -0.2) is 61.9 Å². The quantitative estimate of drug-likeness (QED) is 0.510. The van der Waals surface area contributed by atoms with Crippen molar-refractivity contribution < 1.29 is 14.3 Å². The van der Waals surface area contributed by atoms with Gasteiger partial charge in [0, 0.05) is 43.1 Å². The van der Waals surface area contributed by atoms with Crippen molar-refractivity contribution in [1.82, 2.24) is 4.90 Å². The van der Waals surface area contributed by atoms with Crippen molar-refractivity contribution in [2.75, 3.05) is 54.7 Å². The first-order chi connectivity index (χ1) is 18.0. The number of benzene rings is 3. The van der Waals surface area contributed by atoms with Crippen molar-refractivity contribution in [2.24, 2.45) is 0 Å². The number of methoxy groups -OCH3 is 1. The summed E-state index contributed by atoms with van der Waals surface area (Å²) in [5.74, 6) is 0.592. The summed E-state index contributed by atoms with van der Waals surface area (Å²) in [5, 5.41) is -0.339. The molecule has 7 nitrogen and oxygen atoms in total. The molecule has 6 rings (SSSR count). The molecule has 3 aromatic carbocycles. The number of nitrogens with zero attached hydrogens (tertiary/aromatic N) is 4. The monoisotopic (exact) mass is 514 g/mol. The third kappa shape index (κ3) is 3.86. The Morgan fingerprint density at radius 2 is 1.54 bits per heavy atom. The summed E-state index contributed by atoms with van der Waals surface area (Å²) in [7, 11) is 1.61. The van der Waals surface area contributed by atoms with E-state index in [1.165, 1.54) is 17.4 Å². The first-order valence-corrected chi connectivity index (χ1v) is 13.5. The Kier molecular flexibility index (Phi) is 6.09. The number of amides is 2. The fraction of sp³-hybridized carbons (Fsp3) is 0.310. The topological polar surface area (TPSA) is 56.3 Å². The second-order valence-corrected chi connectivity index (χ2v) is 11.1. The van der Waals surface area contributed by atoms with Gasteiger partial charge >= 0.3 is 0 Å². The van der Waals surface area contributed by atoms with Crippen LogP contribution < -0.4 is 19.4 Å². The molecule has 37 heavy (non-hydrogen) atoms. The van der Waals surface area contributed by atoms with Gasteiger partial charge in [-0.15, -0.1) is 11.8 Å². The van der Waals surface area contributed by atoms with Crippen LogP contribution in [0.5, 0.6) is 5.75 Å². The predicted molar refractivity (Wildman–Crippen MR) is 148 cm³/mol. The highest BCUT2D eigenvalue weighted by molar-refractivity contribution is 8.03. The third-order valence-electron chi connectivity index (χ3n) is 7.49. The normalized spacial score (nSPS) is 23.7. The fourth-order valence-corrected chi connectivity index (χ4v) is 7.13. The van der Waals surface area contributed by atoms with Crippen molar-refractivity contribution in [3.63, 3.8) is 0 Å². The number of hydrogen-bond acceptors (Lipinski definition) is 6. The van der Waals surface area contributed by atoms with Gasteiger partial charge in [-0.2, -0.15) is 0 Å². The Hall–Kier alpha value is -3.49. The lowest BCUT2D eigenvalue weighted by molar-refractivity contribution is -0.124. The molecule has 0 saturated carbocycles. The summed E-state index contributed by atoms with van der Waals surface area (Å²) in [5.41, 5.74) is 3.69. The number of rotatable bonds is 5. The minimum atomic E-state index is -1.12. The molecule has 3 aliphatic heterocycles. The van der Waals surface area contributed by atoms with E-state index in [0.717, 1.165) is 37.4 Å². The molecule has 3 heterocycles. The lowest BCUT2D eigenvalue weighted by Gasteiger charge is -2.38. The second kappa shape index (κ2) is 9.43. The van der Waals surface area contributed by atoms with Crippen LogP contribution in [0, 0.1) is 0 Å². The molecule has 1 spiro atoms. The Bertz CT molecular complexity index is 1310. The second-order valence-electron chi connectivity index (χ2n) is 9.61. The molecule has 2 atom stereocenters. The summed E-state index contributed by atoms with van der Waals surface area (Å²) in [6, 6.07) is 25.8. The molecular weight excluding hydrogens is 484 g/mol. The smallest absolute Gasteiger partial charge is 0.269 e. The standard InChI is InChI=1S/C29H30N4O3S/c1-21-27(34)33(23-12-14-24(36-2)15-13-23)29(37-21)25-10-6-7-11-26(25)32(28(29)35)20-30-16-18-31(19-17-30)22-8-4-3-5-9-22/h3-15,21H,16-20H2,1-2H3. The Morgan fingerprint density at radius 1 is 0.865 bits per heavy atom. The van der Waals surface area contributed by atoms with Crippen LogP contribution >= 0.6 is 11.8 Å². The number of anilines is 3. The number of para-hydroxylation sites is 2. The number of thioether (sulfide) groups is 1. The zero-order chi connectivity index (χ0) is 25.6. The van der Waals surface area contributed by atoms with Crippen LogP contribution in [0.15, 0.2) is 78.9 Å². The zero-order valence-corrected chi connectivity index (χ0v) is 21.9. The maximum absolute atomic E-state index is 14.4. The number of carbonyl (C=O) groups is 2. The zero-order valence-electron chi connectivity index (χ0n) is 21.0. The highest BCUT2D eigenvalue weighted by Crippen LogP contribution is 2.57. The van der Waals surface area contributed by atoms with Gasteiger partial charge in [0.2, 0.25) is 10.8 Å². The van der Waals surface area contributed by atoms with E-state index in [4.69, 9.17) is 4.74 Å². The summed E-state index contributed by atoms with van der Waals surface area (Å²) in [6.07, 6.45) is 0. The molecule has 3 aliphatic rings. The minimum absolute atomic E-state index is 0.0577. The molecule has 190 valence electrons. The van der Waals surface area contributed by atoms with Crippen molar-refractivity contribution in [3.05, 3.63) is 84.4 Å². The molecule has 2 saturated heterocycles. The average molecular weight is 515 g/mol.